The van der Waals surface area contributed by atoms with E-state index in [4.69, 9.17) is 0 Å². The first-order chi connectivity index (χ1) is 9.71. The van der Waals surface area contributed by atoms with Crippen LogP contribution in [0.2, 0.25) is 0 Å². The van der Waals surface area contributed by atoms with Gasteiger partial charge in [-0.3, -0.25) is 5.32 Å². The van der Waals surface area contributed by atoms with E-state index < -0.39 is 0 Å². The monoisotopic (exact) mass is 275 g/mol. The molecule has 0 aromatic heterocycles. The molecular weight excluding hydrogens is 246 g/mol. The third-order valence-corrected chi connectivity index (χ3v) is 5.64. The minimum atomic E-state index is -0.228. The van der Waals surface area contributed by atoms with Gasteiger partial charge in [0.15, 0.2) is 0 Å². The van der Waals surface area contributed by atoms with Crippen LogP contribution >= 0.6 is 0 Å². The van der Waals surface area contributed by atoms with Crippen molar-refractivity contribution in [2.24, 2.45) is 5.92 Å². The fourth-order valence-corrected chi connectivity index (χ4v) is 4.25. The lowest BCUT2D eigenvalue weighted by molar-refractivity contribution is 0.128. The molecule has 0 spiro atoms. The van der Waals surface area contributed by atoms with Crippen molar-refractivity contribution >= 4 is 0 Å². The zero-order valence-electron chi connectivity index (χ0n) is 12.9. The highest BCUT2D eigenvalue weighted by Gasteiger charge is 2.41. The smallest absolute Gasteiger partial charge is 0.108 e. The number of nitrogens with zero attached hydrogens (tertiary/aromatic N) is 2. The van der Waals surface area contributed by atoms with Crippen LogP contribution in [0.5, 0.6) is 0 Å². The standard InChI is InChI=1S/C17H29N3/c1-20(12-14-5-2-3-6-14)16-7-4-10-17(11-16,13-18)19-15-8-9-15/h14-16,19H,2-12H2,1H3. The Bertz CT molecular complexity index is 365. The summed E-state index contributed by atoms with van der Waals surface area (Å²) in [5, 5.41) is 13.3. The quantitative estimate of drug-likeness (QED) is 0.838. The predicted octanol–water partition coefficient (Wildman–Crippen LogP) is 3.07. The van der Waals surface area contributed by atoms with Gasteiger partial charge in [-0.25, -0.2) is 0 Å². The average molecular weight is 275 g/mol. The molecule has 2 atom stereocenters. The van der Waals surface area contributed by atoms with Crippen LogP contribution in [0.25, 0.3) is 0 Å². The van der Waals surface area contributed by atoms with Crippen LogP contribution in [0, 0.1) is 17.2 Å². The van der Waals surface area contributed by atoms with Gasteiger partial charge in [0.1, 0.15) is 5.54 Å². The summed E-state index contributed by atoms with van der Waals surface area (Å²) >= 11 is 0. The van der Waals surface area contributed by atoms with Crippen LogP contribution in [0.3, 0.4) is 0 Å². The van der Waals surface area contributed by atoms with Crippen LogP contribution in [0.15, 0.2) is 0 Å². The molecule has 3 saturated carbocycles. The van der Waals surface area contributed by atoms with Gasteiger partial charge in [-0.1, -0.05) is 12.8 Å². The summed E-state index contributed by atoms with van der Waals surface area (Å²) in [7, 11) is 2.29. The molecule has 0 bridgehead atoms. The summed E-state index contributed by atoms with van der Waals surface area (Å²) in [5.74, 6) is 0.912. The Morgan fingerprint density at radius 3 is 2.55 bits per heavy atom. The summed E-state index contributed by atoms with van der Waals surface area (Å²) < 4.78 is 0. The molecule has 3 aliphatic rings. The van der Waals surface area contributed by atoms with Gasteiger partial charge in [-0.05, 0) is 64.3 Å². The second-order valence-electron chi connectivity index (χ2n) is 7.45. The molecule has 0 aliphatic heterocycles. The average Bonchev–Trinajstić information content (AvgIpc) is 3.12. The highest BCUT2D eigenvalue weighted by Crippen LogP contribution is 2.35. The van der Waals surface area contributed by atoms with E-state index in [-0.39, 0.29) is 5.54 Å². The topological polar surface area (TPSA) is 39.1 Å². The first-order valence-electron chi connectivity index (χ1n) is 8.60. The van der Waals surface area contributed by atoms with E-state index in [0.717, 1.165) is 18.8 Å². The van der Waals surface area contributed by atoms with E-state index in [0.29, 0.717) is 12.1 Å². The molecule has 0 aromatic carbocycles. The molecule has 0 amide bonds. The number of nitriles is 1. The highest BCUT2D eigenvalue weighted by molar-refractivity contribution is 5.13. The second-order valence-corrected chi connectivity index (χ2v) is 7.45. The van der Waals surface area contributed by atoms with E-state index in [1.54, 1.807) is 0 Å². The SMILES string of the molecule is CN(CC1CCCC1)C1CCCC(C#N)(NC2CC2)C1. The molecule has 0 radical (unpaired) electrons. The van der Waals surface area contributed by atoms with E-state index in [2.05, 4.69) is 23.3 Å². The summed E-state index contributed by atoms with van der Waals surface area (Å²) in [5.41, 5.74) is -0.228. The molecule has 3 rings (SSSR count). The van der Waals surface area contributed by atoms with Crippen molar-refractivity contribution in [3.63, 3.8) is 0 Å². The van der Waals surface area contributed by atoms with Gasteiger partial charge in [-0.2, -0.15) is 5.26 Å². The minimum Gasteiger partial charge on any atom is -0.303 e. The summed E-state index contributed by atoms with van der Waals surface area (Å²) in [4.78, 5) is 2.57. The number of rotatable bonds is 5. The Morgan fingerprint density at radius 1 is 1.15 bits per heavy atom. The summed E-state index contributed by atoms with van der Waals surface area (Å²) in [6, 6.07) is 3.87. The van der Waals surface area contributed by atoms with Crippen LogP contribution in [-0.2, 0) is 0 Å². The third-order valence-electron chi connectivity index (χ3n) is 5.64. The first kappa shape index (κ1) is 14.4. The lowest BCUT2D eigenvalue weighted by atomic mass is 9.79. The normalized spacial score (nSPS) is 35.4. The van der Waals surface area contributed by atoms with Gasteiger partial charge in [0.25, 0.3) is 0 Å². The highest BCUT2D eigenvalue weighted by atomic mass is 15.1. The molecule has 0 heterocycles. The minimum absolute atomic E-state index is 0.228. The maximum Gasteiger partial charge on any atom is 0.108 e. The van der Waals surface area contributed by atoms with Crippen molar-refractivity contribution < 1.29 is 0 Å². The zero-order chi connectivity index (χ0) is 14.0. The number of hydrogen-bond donors (Lipinski definition) is 1. The fourth-order valence-electron chi connectivity index (χ4n) is 4.25. The Balaban J connectivity index is 1.56. The molecule has 2 unspecified atom stereocenters. The molecule has 3 aliphatic carbocycles. The molecule has 20 heavy (non-hydrogen) atoms. The Kier molecular flexibility index (Phi) is 4.33. The van der Waals surface area contributed by atoms with Crippen molar-refractivity contribution in [1.82, 2.24) is 10.2 Å². The summed E-state index contributed by atoms with van der Waals surface area (Å²) in [6.07, 6.45) is 12.8. The van der Waals surface area contributed by atoms with Crippen molar-refractivity contribution in [1.29, 1.82) is 5.26 Å². The maximum atomic E-state index is 9.67. The number of nitrogens with one attached hydrogen (secondary N) is 1. The Hall–Kier alpha value is -0.590. The molecule has 0 saturated heterocycles. The van der Waals surface area contributed by atoms with Gasteiger partial charge >= 0.3 is 0 Å². The molecule has 1 N–H and O–H groups in total. The first-order valence-corrected chi connectivity index (χ1v) is 8.60. The number of hydrogen-bond acceptors (Lipinski definition) is 3. The van der Waals surface area contributed by atoms with Gasteiger partial charge in [-0.15, -0.1) is 0 Å². The van der Waals surface area contributed by atoms with Crippen LogP contribution in [-0.4, -0.2) is 36.1 Å². The molecule has 0 aromatic rings. The van der Waals surface area contributed by atoms with Crippen LogP contribution in [0.1, 0.15) is 64.2 Å². The van der Waals surface area contributed by atoms with E-state index >= 15 is 0 Å². The second kappa shape index (κ2) is 6.03. The van der Waals surface area contributed by atoms with E-state index in [1.165, 1.54) is 57.9 Å². The maximum absolute atomic E-state index is 9.67. The van der Waals surface area contributed by atoms with Crippen molar-refractivity contribution in [3.8, 4) is 6.07 Å². The van der Waals surface area contributed by atoms with E-state index in [9.17, 15) is 5.26 Å². The third kappa shape index (κ3) is 3.35. The van der Waals surface area contributed by atoms with Crippen molar-refractivity contribution in [2.45, 2.75) is 81.8 Å². The van der Waals surface area contributed by atoms with Crippen molar-refractivity contribution in [3.05, 3.63) is 0 Å². The van der Waals surface area contributed by atoms with Gasteiger partial charge in [0.2, 0.25) is 0 Å². The van der Waals surface area contributed by atoms with Crippen molar-refractivity contribution in [2.75, 3.05) is 13.6 Å². The Labute approximate surface area is 123 Å². The predicted molar refractivity (Wildman–Crippen MR) is 81.3 cm³/mol. The lowest BCUT2D eigenvalue weighted by Crippen LogP contribution is -2.53. The zero-order valence-corrected chi connectivity index (χ0v) is 12.9. The lowest BCUT2D eigenvalue weighted by Gasteiger charge is -2.41. The van der Waals surface area contributed by atoms with Gasteiger partial charge < -0.3 is 4.90 Å². The van der Waals surface area contributed by atoms with Crippen LogP contribution in [0.4, 0.5) is 0 Å². The van der Waals surface area contributed by atoms with Gasteiger partial charge in [0.05, 0.1) is 6.07 Å². The largest absolute Gasteiger partial charge is 0.303 e. The van der Waals surface area contributed by atoms with E-state index in [1.807, 2.05) is 0 Å². The molecule has 3 fully saturated rings. The molecule has 3 nitrogen and oxygen atoms in total. The Morgan fingerprint density at radius 2 is 1.90 bits per heavy atom. The van der Waals surface area contributed by atoms with Crippen LogP contribution < -0.4 is 5.32 Å². The molecule has 112 valence electrons. The molecular formula is C17H29N3. The molecule has 3 heteroatoms. The van der Waals surface area contributed by atoms with Gasteiger partial charge in [0, 0.05) is 18.6 Å². The fraction of sp³-hybridized carbons (Fsp3) is 0.941. The summed E-state index contributed by atoms with van der Waals surface area (Å²) in [6.45, 7) is 1.25.